The van der Waals surface area contributed by atoms with E-state index in [4.69, 9.17) is 28.4 Å². The van der Waals surface area contributed by atoms with E-state index >= 15 is 0 Å². The van der Waals surface area contributed by atoms with Crippen LogP contribution >= 0.6 is 11.8 Å². The molecule has 0 aliphatic carbocycles. The van der Waals surface area contributed by atoms with Crippen molar-refractivity contribution in [3.05, 3.63) is 240 Å². The molecular formula is C60H64O6S. The number of hydrogen-bond acceptors (Lipinski definition) is 7. The molecule has 1 aliphatic rings. The minimum atomic E-state index is -0.980. The van der Waals surface area contributed by atoms with Gasteiger partial charge in [-0.2, -0.15) is 0 Å². The molecule has 6 nitrogen and oxygen atoms in total. The molecule has 1 aliphatic heterocycles. The van der Waals surface area contributed by atoms with Gasteiger partial charge in [-0.3, -0.25) is 0 Å². The summed E-state index contributed by atoms with van der Waals surface area (Å²) in [5.74, 6) is 0.864. The van der Waals surface area contributed by atoms with Crippen molar-refractivity contribution >= 4 is 11.8 Å². The van der Waals surface area contributed by atoms with E-state index in [1.54, 1.807) is 11.8 Å². The molecule has 0 saturated carbocycles. The van der Waals surface area contributed by atoms with E-state index in [1.165, 1.54) is 32.1 Å². The van der Waals surface area contributed by atoms with E-state index in [9.17, 15) is 0 Å². The molecule has 8 rings (SSSR count). The smallest absolute Gasteiger partial charge is 0.143 e. The Morgan fingerprint density at radius 1 is 0.448 bits per heavy atom. The van der Waals surface area contributed by atoms with Crippen molar-refractivity contribution in [3.8, 4) is 5.75 Å². The van der Waals surface area contributed by atoms with Gasteiger partial charge in [-0.25, -0.2) is 0 Å². The lowest BCUT2D eigenvalue weighted by molar-refractivity contribution is -0.258. The van der Waals surface area contributed by atoms with Crippen LogP contribution in [0.15, 0.2) is 211 Å². The van der Waals surface area contributed by atoms with Crippen LogP contribution < -0.4 is 4.74 Å². The predicted octanol–water partition coefficient (Wildman–Crippen LogP) is 14.0. The predicted molar refractivity (Wildman–Crippen MR) is 270 cm³/mol. The van der Waals surface area contributed by atoms with Gasteiger partial charge in [0.1, 0.15) is 41.2 Å². The van der Waals surface area contributed by atoms with E-state index < -0.39 is 35.5 Å². The molecule has 0 N–H and O–H groups in total. The van der Waals surface area contributed by atoms with Gasteiger partial charge in [0.25, 0.3) is 0 Å². The van der Waals surface area contributed by atoms with Crippen LogP contribution in [-0.4, -0.2) is 43.1 Å². The lowest BCUT2D eigenvalue weighted by atomic mass is 9.80. The molecule has 0 bridgehead atoms. The van der Waals surface area contributed by atoms with Crippen molar-refractivity contribution in [3.63, 3.8) is 0 Å². The maximum Gasteiger partial charge on any atom is 0.143 e. The maximum absolute atomic E-state index is 7.55. The average molecular weight is 913 g/mol. The summed E-state index contributed by atoms with van der Waals surface area (Å²) in [4.78, 5) is 1.03. The first-order chi connectivity index (χ1) is 33.2. The zero-order valence-corrected chi connectivity index (χ0v) is 39.5. The third-order valence-electron chi connectivity index (χ3n) is 12.3. The Morgan fingerprint density at radius 2 is 0.866 bits per heavy atom. The molecule has 5 atom stereocenters. The molecule has 1 saturated heterocycles. The van der Waals surface area contributed by atoms with Crippen molar-refractivity contribution in [2.75, 3.05) is 13.2 Å². The van der Waals surface area contributed by atoms with Crippen LogP contribution in [0.2, 0.25) is 0 Å². The number of thioether (sulfide) groups is 1. The summed E-state index contributed by atoms with van der Waals surface area (Å²) in [5, 5.41) is 0. The van der Waals surface area contributed by atoms with Crippen LogP contribution in [0.25, 0.3) is 0 Å². The molecule has 7 aromatic carbocycles. The molecule has 7 heteroatoms. The molecule has 1 heterocycles. The fraction of sp³-hybridized carbons (Fsp3) is 0.300. The molecule has 0 unspecified atom stereocenters. The van der Waals surface area contributed by atoms with Gasteiger partial charge in [0.05, 0.1) is 33.0 Å². The first-order valence-corrected chi connectivity index (χ1v) is 24.9. The summed E-state index contributed by atoms with van der Waals surface area (Å²) >= 11 is 1.63. The molecule has 0 aromatic heterocycles. The van der Waals surface area contributed by atoms with Gasteiger partial charge in [0, 0.05) is 4.90 Å². The largest absolute Gasteiger partial charge is 0.494 e. The summed E-state index contributed by atoms with van der Waals surface area (Å²) in [5.41, 5.74) is 4.71. The van der Waals surface area contributed by atoms with Crippen LogP contribution in [0.5, 0.6) is 5.75 Å². The second-order valence-electron chi connectivity index (χ2n) is 17.1. The Bertz CT molecular complexity index is 2310. The topological polar surface area (TPSA) is 55.4 Å². The minimum Gasteiger partial charge on any atom is -0.494 e. The number of benzene rings is 7. The normalized spacial score (nSPS) is 18.4. The fourth-order valence-corrected chi connectivity index (χ4v) is 9.90. The van der Waals surface area contributed by atoms with Gasteiger partial charge in [-0.1, -0.05) is 233 Å². The van der Waals surface area contributed by atoms with Gasteiger partial charge in [0.15, 0.2) is 0 Å². The Morgan fingerprint density at radius 3 is 1.34 bits per heavy atom. The summed E-state index contributed by atoms with van der Waals surface area (Å²) in [7, 11) is 0. The molecule has 1 fully saturated rings. The molecule has 67 heavy (non-hydrogen) atoms. The number of rotatable bonds is 25. The lowest BCUT2D eigenvalue weighted by Crippen LogP contribution is -2.60. The van der Waals surface area contributed by atoms with Crippen molar-refractivity contribution in [2.45, 2.75) is 106 Å². The Hall–Kier alpha value is -5.51. The van der Waals surface area contributed by atoms with Gasteiger partial charge in [-0.15, -0.1) is 0 Å². The Labute approximate surface area is 402 Å². The average Bonchev–Trinajstić information content (AvgIpc) is 3.39. The summed E-state index contributed by atoms with van der Waals surface area (Å²) in [6.07, 6.45) is 5.05. The van der Waals surface area contributed by atoms with Gasteiger partial charge in [-0.05, 0) is 64.1 Å². The standard InChI is InChI=1S/C60H64O6S/c1-2-3-4-5-6-25-42-61-53-38-40-54(41-39-53)67-59-58(64-45-49-30-17-9-18-31-49)57(63-44-48-28-15-8-16-29-48)56(62-43-47-26-13-7-14-27-47)55(66-59)46-65-60(50-32-19-10-20-33-50,51-34-21-11-22-35-51)52-36-23-12-24-37-52/h7-24,26-41,55-59H,2-6,25,42-46H2,1H3/t55-,56-,57+,58-,59+/m1/s1. The molecule has 346 valence electrons. The van der Waals surface area contributed by atoms with E-state index in [0.717, 1.165) is 50.4 Å². The number of ether oxygens (including phenoxy) is 6. The highest BCUT2D eigenvalue weighted by Crippen LogP contribution is 2.43. The van der Waals surface area contributed by atoms with E-state index in [2.05, 4.69) is 140 Å². The number of hydrogen-bond donors (Lipinski definition) is 0. The summed E-state index contributed by atoms with van der Waals surface area (Å²) < 4.78 is 42.4. The van der Waals surface area contributed by atoms with Gasteiger partial charge >= 0.3 is 0 Å². The second-order valence-corrected chi connectivity index (χ2v) is 18.3. The van der Waals surface area contributed by atoms with Crippen molar-refractivity contribution in [1.29, 1.82) is 0 Å². The highest BCUT2D eigenvalue weighted by molar-refractivity contribution is 7.99. The Kier molecular flexibility index (Phi) is 18.3. The van der Waals surface area contributed by atoms with Crippen LogP contribution in [0, 0.1) is 0 Å². The van der Waals surface area contributed by atoms with Gasteiger partial charge < -0.3 is 28.4 Å². The molecular weight excluding hydrogens is 849 g/mol. The van der Waals surface area contributed by atoms with Crippen molar-refractivity contribution in [1.82, 2.24) is 0 Å². The highest BCUT2D eigenvalue weighted by atomic mass is 32.2. The third-order valence-corrected chi connectivity index (χ3v) is 13.5. The van der Waals surface area contributed by atoms with Crippen LogP contribution in [0.1, 0.15) is 78.8 Å². The van der Waals surface area contributed by atoms with Crippen molar-refractivity contribution < 1.29 is 28.4 Å². The SMILES string of the molecule is CCCCCCCCOc1ccc(S[C@@H]2O[C@H](COC(c3ccccc3)(c3ccccc3)c3ccccc3)[C@@H](OCc3ccccc3)[C@H](OCc3ccccc3)[C@H]2OCc2ccccc2)cc1. The maximum atomic E-state index is 7.55. The van der Waals surface area contributed by atoms with Crippen molar-refractivity contribution in [2.24, 2.45) is 0 Å². The minimum absolute atomic E-state index is 0.178. The number of unbranched alkanes of at least 4 members (excludes halogenated alkanes) is 5. The van der Waals surface area contributed by atoms with Crippen LogP contribution in [0.3, 0.4) is 0 Å². The molecule has 0 spiro atoms. The van der Waals surface area contributed by atoms with Gasteiger partial charge in [0.2, 0.25) is 0 Å². The highest BCUT2D eigenvalue weighted by Gasteiger charge is 2.50. The molecule has 7 aromatic rings. The quantitative estimate of drug-likeness (QED) is 0.0418. The second kappa shape index (κ2) is 25.6. The first-order valence-electron chi connectivity index (χ1n) is 24.0. The zero-order chi connectivity index (χ0) is 45.8. The fourth-order valence-electron chi connectivity index (χ4n) is 8.77. The lowest BCUT2D eigenvalue weighted by Gasteiger charge is -2.47. The van der Waals surface area contributed by atoms with Crippen LogP contribution in [0.4, 0.5) is 0 Å². The Balaban J connectivity index is 1.16. The monoisotopic (exact) mass is 912 g/mol. The summed E-state index contributed by atoms with van der Waals surface area (Å²) in [6, 6.07) is 70.6. The molecule has 0 amide bonds. The van der Waals surface area contributed by atoms with E-state index in [0.29, 0.717) is 26.4 Å². The molecule has 0 radical (unpaired) electrons. The zero-order valence-electron chi connectivity index (χ0n) is 38.7. The van der Waals surface area contributed by atoms with E-state index in [1.807, 2.05) is 72.8 Å². The first kappa shape index (κ1) is 48.0. The van der Waals surface area contributed by atoms with E-state index in [-0.39, 0.29) is 6.61 Å². The summed E-state index contributed by atoms with van der Waals surface area (Å²) in [6.45, 7) is 4.22. The van der Waals surface area contributed by atoms with Crippen LogP contribution in [-0.2, 0) is 49.1 Å². The third kappa shape index (κ3) is 13.4.